The van der Waals surface area contributed by atoms with Crippen LogP contribution in [-0.4, -0.2) is 23.2 Å². The lowest BCUT2D eigenvalue weighted by Crippen LogP contribution is -2.26. The fourth-order valence-corrected chi connectivity index (χ4v) is 2.00. The van der Waals surface area contributed by atoms with Gasteiger partial charge in [0.1, 0.15) is 0 Å². The summed E-state index contributed by atoms with van der Waals surface area (Å²) < 4.78 is 0. The summed E-state index contributed by atoms with van der Waals surface area (Å²) in [4.78, 5) is 13.6. The van der Waals surface area contributed by atoms with Gasteiger partial charge in [0.2, 0.25) is 10.1 Å². The van der Waals surface area contributed by atoms with Gasteiger partial charge in [-0.25, -0.2) is 0 Å². The first kappa shape index (κ1) is 11.5. The average Bonchev–Trinajstić information content (AvgIpc) is 2.74. The Morgan fingerprint density at radius 1 is 1.41 bits per heavy atom. The van der Waals surface area contributed by atoms with Gasteiger partial charge in [0.15, 0.2) is 0 Å². The molecule has 2 N–H and O–H groups in total. The van der Waals surface area contributed by atoms with Crippen LogP contribution in [0, 0.1) is 6.92 Å². The summed E-state index contributed by atoms with van der Waals surface area (Å²) in [6.07, 6.45) is 0. The predicted octanol–water partition coefficient (Wildman–Crippen LogP) is 1.71. The van der Waals surface area contributed by atoms with Crippen LogP contribution in [0.25, 0.3) is 0 Å². The minimum atomic E-state index is -0.204. The first-order valence-electron chi connectivity index (χ1n) is 5.01. The highest BCUT2D eigenvalue weighted by atomic mass is 32.1. The standard InChI is InChI=1S/C11H12N4OS/c1-7-4-3-5-8(6-7)15(2)10(16)9-13-14-11(12)17-9/h3-6H,1-2H3,(H2,12,14). The van der Waals surface area contributed by atoms with Crippen molar-refractivity contribution >= 4 is 28.1 Å². The second-order valence-electron chi connectivity index (χ2n) is 3.65. The minimum Gasteiger partial charge on any atom is -0.374 e. The van der Waals surface area contributed by atoms with E-state index in [0.29, 0.717) is 10.1 Å². The molecule has 0 aliphatic rings. The molecule has 0 saturated carbocycles. The lowest BCUT2D eigenvalue weighted by molar-refractivity contribution is 0.0992. The number of carbonyl (C=O) groups excluding carboxylic acids is 1. The number of hydrogen-bond donors (Lipinski definition) is 1. The summed E-state index contributed by atoms with van der Waals surface area (Å²) in [7, 11) is 1.70. The number of nitrogens with zero attached hydrogens (tertiary/aromatic N) is 3. The molecule has 0 aliphatic heterocycles. The number of aromatic nitrogens is 2. The SMILES string of the molecule is Cc1cccc(N(C)C(=O)c2nnc(N)s2)c1. The topological polar surface area (TPSA) is 72.1 Å². The van der Waals surface area contributed by atoms with Gasteiger partial charge < -0.3 is 10.6 Å². The van der Waals surface area contributed by atoms with Crippen LogP contribution in [0.4, 0.5) is 10.8 Å². The van der Waals surface area contributed by atoms with Crippen LogP contribution in [0.3, 0.4) is 0 Å². The summed E-state index contributed by atoms with van der Waals surface area (Å²) in [6.45, 7) is 1.98. The Hall–Kier alpha value is -1.95. The van der Waals surface area contributed by atoms with E-state index in [0.717, 1.165) is 22.6 Å². The van der Waals surface area contributed by atoms with E-state index in [1.165, 1.54) is 4.90 Å². The van der Waals surface area contributed by atoms with Crippen molar-refractivity contribution in [2.24, 2.45) is 0 Å². The smallest absolute Gasteiger partial charge is 0.289 e. The van der Waals surface area contributed by atoms with E-state index in [1.807, 2.05) is 31.2 Å². The number of aryl methyl sites for hydroxylation is 1. The molecule has 5 nitrogen and oxygen atoms in total. The van der Waals surface area contributed by atoms with Gasteiger partial charge in [-0.3, -0.25) is 4.79 Å². The van der Waals surface area contributed by atoms with Crippen molar-refractivity contribution in [2.75, 3.05) is 17.7 Å². The van der Waals surface area contributed by atoms with Crippen molar-refractivity contribution < 1.29 is 4.79 Å². The van der Waals surface area contributed by atoms with Gasteiger partial charge in [0.05, 0.1) is 0 Å². The maximum absolute atomic E-state index is 12.0. The van der Waals surface area contributed by atoms with E-state index in [-0.39, 0.29) is 5.91 Å². The van der Waals surface area contributed by atoms with E-state index in [1.54, 1.807) is 7.05 Å². The zero-order valence-corrected chi connectivity index (χ0v) is 10.4. The molecule has 88 valence electrons. The Morgan fingerprint density at radius 2 is 2.18 bits per heavy atom. The monoisotopic (exact) mass is 248 g/mol. The summed E-state index contributed by atoms with van der Waals surface area (Å²) in [5.74, 6) is -0.204. The average molecular weight is 248 g/mol. The van der Waals surface area contributed by atoms with Crippen LogP contribution >= 0.6 is 11.3 Å². The zero-order valence-electron chi connectivity index (χ0n) is 9.54. The second-order valence-corrected chi connectivity index (χ2v) is 4.66. The van der Waals surface area contributed by atoms with Crippen molar-refractivity contribution in [1.82, 2.24) is 10.2 Å². The van der Waals surface area contributed by atoms with E-state index in [2.05, 4.69) is 10.2 Å². The van der Waals surface area contributed by atoms with Gasteiger partial charge in [0, 0.05) is 12.7 Å². The molecular formula is C11H12N4OS. The third kappa shape index (κ3) is 2.42. The molecule has 0 spiro atoms. The van der Waals surface area contributed by atoms with E-state index in [4.69, 9.17) is 5.73 Å². The first-order chi connectivity index (χ1) is 8.08. The quantitative estimate of drug-likeness (QED) is 0.878. The summed E-state index contributed by atoms with van der Waals surface area (Å²) in [5, 5.41) is 7.96. The summed E-state index contributed by atoms with van der Waals surface area (Å²) in [5.41, 5.74) is 7.37. The molecule has 2 rings (SSSR count). The van der Waals surface area contributed by atoms with Crippen LogP contribution in [0.1, 0.15) is 15.4 Å². The molecule has 0 fully saturated rings. The van der Waals surface area contributed by atoms with E-state index < -0.39 is 0 Å². The number of hydrogen-bond acceptors (Lipinski definition) is 5. The van der Waals surface area contributed by atoms with Crippen LogP contribution in [0.15, 0.2) is 24.3 Å². The molecule has 17 heavy (non-hydrogen) atoms. The number of benzene rings is 1. The van der Waals surface area contributed by atoms with Gasteiger partial charge in [-0.15, -0.1) is 10.2 Å². The molecule has 1 heterocycles. The highest BCUT2D eigenvalue weighted by Crippen LogP contribution is 2.19. The largest absolute Gasteiger partial charge is 0.374 e. The predicted molar refractivity (Wildman–Crippen MR) is 68.2 cm³/mol. The van der Waals surface area contributed by atoms with Crippen LogP contribution in [0.2, 0.25) is 0 Å². The number of nitrogens with two attached hydrogens (primary N) is 1. The Labute approximate surface area is 103 Å². The maximum Gasteiger partial charge on any atom is 0.289 e. The number of amides is 1. The van der Waals surface area contributed by atoms with Gasteiger partial charge in [-0.05, 0) is 24.6 Å². The molecule has 0 saturated heterocycles. The van der Waals surface area contributed by atoms with Crippen molar-refractivity contribution in [3.05, 3.63) is 34.8 Å². The van der Waals surface area contributed by atoms with E-state index >= 15 is 0 Å². The molecule has 0 radical (unpaired) electrons. The molecule has 0 aliphatic carbocycles. The van der Waals surface area contributed by atoms with Crippen molar-refractivity contribution in [1.29, 1.82) is 0 Å². The second kappa shape index (κ2) is 4.50. The lowest BCUT2D eigenvalue weighted by atomic mass is 10.2. The molecule has 1 amide bonds. The van der Waals surface area contributed by atoms with Gasteiger partial charge >= 0.3 is 0 Å². The normalized spacial score (nSPS) is 10.2. The summed E-state index contributed by atoms with van der Waals surface area (Å²) in [6, 6.07) is 7.69. The van der Waals surface area contributed by atoms with Crippen molar-refractivity contribution in [3.63, 3.8) is 0 Å². The summed E-state index contributed by atoms with van der Waals surface area (Å²) >= 11 is 1.09. The molecule has 2 aromatic rings. The lowest BCUT2D eigenvalue weighted by Gasteiger charge is -2.15. The number of carbonyl (C=O) groups is 1. The van der Waals surface area contributed by atoms with Crippen molar-refractivity contribution in [3.8, 4) is 0 Å². The van der Waals surface area contributed by atoms with Crippen LogP contribution in [0.5, 0.6) is 0 Å². The molecule has 1 aromatic heterocycles. The third-order valence-electron chi connectivity index (χ3n) is 2.32. The molecule has 6 heteroatoms. The van der Waals surface area contributed by atoms with Gasteiger partial charge in [-0.1, -0.05) is 23.5 Å². The minimum absolute atomic E-state index is 0.204. The van der Waals surface area contributed by atoms with Crippen LogP contribution < -0.4 is 10.6 Å². The Morgan fingerprint density at radius 3 is 2.76 bits per heavy atom. The molecule has 0 bridgehead atoms. The Balaban J connectivity index is 2.26. The molecule has 0 unspecified atom stereocenters. The molecular weight excluding hydrogens is 236 g/mol. The molecule has 1 aromatic carbocycles. The van der Waals surface area contributed by atoms with Gasteiger partial charge in [0.25, 0.3) is 5.91 Å². The van der Waals surface area contributed by atoms with E-state index in [9.17, 15) is 4.79 Å². The fourth-order valence-electron chi connectivity index (χ4n) is 1.42. The van der Waals surface area contributed by atoms with Crippen LogP contribution in [-0.2, 0) is 0 Å². The highest BCUT2D eigenvalue weighted by molar-refractivity contribution is 7.17. The number of anilines is 2. The first-order valence-corrected chi connectivity index (χ1v) is 5.83. The fraction of sp³-hybridized carbons (Fsp3) is 0.182. The molecule has 0 atom stereocenters. The highest BCUT2D eigenvalue weighted by Gasteiger charge is 2.17. The number of rotatable bonds is 2. The maximum atomic E-state index is 12.0. The third-order valence-corrected chi connectivity index (χ3v) is 3.06. The number of nitrogen functional groups attached to an aromatic ring is 1. The Kier molecular flexibility index (Phi) is 3.06. The Bertz CT molecular complexity index is 552. The van der Waals surface area contributed by atoms with Crippen molar-refractivity contribution in [2.45, 2.75) is 6.92 Å². The zero-order chi connectivity index (χ0) is 12.4. The van der Waals surface area contributed by atoms with Gasteiger partial charge in [-0.2, -0.15) is 0 Å².